The van der Waals surface area contributed by atoms with Gasteiger partial charge in [0.2, 0.25) is 0 Å². The van der Waals surface area contributed by atoms with E-state index in [9.17, 15) is 0 Å². The second-order valence-electron chi connectivity index (χ2n) is 3.65. The molecule has 0 aliphatic carbocycles. The molecule has 1 fully saturated rings. The fourth-order valence-corrected chi connectivity index (χ4v) is 1.66. The van der Waals surface area contributed by atoms with E-state index in [0.29, 0.717) is 6.54 Å². The van der Waals surface area contributed by atoms with Gasteiger partial charge in [-0.05, 0) is 6.07 Å². The van der Waals surface area contributed by atoms with Crippen LogP contribution < -0.4 is 11.2 Å². The highest BCUT2D eigenvalue weighted by Gasteiger charge is 2.16. The van der Waals surface area contributed by atoms with Gasteiger partial charge in [0.05, 0.1) is 24.9 Å². The van der Waals surface area contributed by atoms with Gasteiger partial charge in [0, 0.05) is 25.8 Å². The monoisotopic (exact) mass is 223 g/mol. The van der Waals surface area contributed by atoms with E-state index in [2.05, 4.69) is 20.4 Å². The lowest BCUT2D eigenvalue weighted by Gasteiger charge is -2.30. The first-order valence-corrected chi connectivity index (χ1v) is 5.45. The van der Waals surface area contributed by atoms with Crippen LogP contribution in [0.3, 0.4) is 0 Å². The summed E-state index contributed by atoms with van der Waals surface area (Å²) in [6, 6.07) is 1.92. The van der Waals surface area contributed by atoms with E-state index < -0.39 is 0 Å². The molecule has 1 aliphatic heterocycles. The second-order valence-corrected chi connectivity index (χ2v) is 3.65. The van der Waals surface area contributed by atoms with Crippen LogP contribution in [0.5, 0.6) is 0 Å². The topological polar surface area (TPSA) is 76.3 Å². The summed E-state index contributed by atoms with van der Waals surface area (Å²) in [4.78, 5) is 8.10. The first-order chi connectivity index (χ1) is 7.90. The Hall–Kier alpha value is -1.08. The third-order valence-electron chi connectivity index (χ3n) is 2.55. The molecule has 3 N–H and O–H groups in total. The summed E-state index contributed by atoms with van der Waals surface area (Å²) in [6.45, 7) is 3.78. The number of hydrogen-bond acceptors (Lipinski definition) is 6. The van der Waals surface area contributed by atoms with Crippen molar-refractivity contribution in [2.75, 3.05) is 32.8 Å². The van der Waals surface area contributed by atoms with Gasteiger partial charge in [0.25, 0.3) is 0 Å². The number of ether oxygens (including phenoxy) is 1. The van der Waals surface area contributed by atoms with E-state index in [1.54, 1.807) is 12.5 Å². The summed E-state index contributed by atoms with van der Waals surface area (Å²) in [6.07, 6.45) is 3.27. The molecular formula is C10H17N5O. The number of aromatic nitrogens is 2. The molecule has 1 unspecified atom stereocenters. The van der Waals surface area contributed by atoms with E-state index in [1.807, 2.05) is 6.07 Å². The van der Waals surface area contributed by atoms with Crippen LogP contribution in [-0.4, -0.2) is 47.8 Å². The lowest BCUT2D eigenvalue weighted by molar-refractivity contribution is 0.00370. The minimum atomic E-state index is 0.0427. The van der Waals surface area contributed by atoms with Crippen molar-refractivity contribution in [3.8, 4) is 0 Å². The third kappa shape index (κ3) is 2.96. The maximum atomic E-state index is 5.74. The molecule has 0 saturated carbocycles. The summed E-state index contributed by atoms with van der Waals surface area (Å²) in [5.74, 6) is 0. The van der Waals surface area contributed by atoms with E-state index >= 15 is 0 Å². The molecule has 0 spiro atoms. The molecule has 16 heavy (non-hydrogen) atoms. The molecule has 1 aromatic rings. The average molecular weight is 223 g/mol. The Bertz CT molecular complexity index is 301. The van der Waals surface area contributed by atoms with Crippen LogP contribution >= 0.6 is 0 Å². The van der Waals surface area contributed by atoms with Crippen LogP contribution in [0, 0.1) is 0 Å². The Morgan fingerprint density at radius 2 is 2.31 bits per heavy atom. The highest BCUT2D eigenvalue weighted by molar-refractivity contribution is 5.04. The summed E-state index contributed by atoms with van der Waals surface area (Å²) in [5.41, 5.74) is 10.0. The smallest absolute Gasteiger partial charge is 0.115 e. The number of rotatable bonds is 4. The van der Waals surface area contributed by atoms with Gasteiger partial charge in [-0.25, -0.2) is 20.4 Å². The molecule has 0 radical (unpaired) electrons. The summed E-state index contributed by atoms with van der Waals surface area (Å²) < 4.78 is 5.28. The van der Waals surface area contributed by atoms with Crippen LogP contribution in [0.1, 0.15) is 11.7 Å². The van der Waals surface area contributed by atoms with Crippen LogP contribution in [0.2, 0.25) is 0 Å². The SMILES string of the molecule is NCC(NN1CCOCC1)c1ccncn1. The van der Waals surface area contributed by atoms with Gasteiger partial charge < -0.3 is 10.5 Å². The molecule has 6 nitrogen and oxygen atoms in total. The Kier molecular flexibility index (Phi) is 4.17. The Morgan fingerprint density at radius 3 is 2.94 bits per heavy atom. The molecule has 1 saturated heterocycles. The largest absolute Gasteiger partial charge is 0.379 e. The molecule has 88 valence electrons. The first kappa shape index (κ1) is 11.4. The number of nitrogens with zero attached hydrogens (tertiary/aromatic N) is 3. The highest BCUT2D eigenvalue weighted by Crippen LogP contribution is 2.08. The lowest BCUT2D eigenvalue weighted by Crippen LogP contribution is -2.48. The minimum Gasteiger partial charge on any atom is -0.379 e. The van der Waals surface area contributed by atoms with Crippen molar-refractivity contribution >= 4 is 0 Å². The molecule has 2 heterocycles. The quantitative estimate of drug-likeness (QED) is 0.704. The van der Waals surface area contributed by atoms with Crippen molar-refractivity contribution in [1.82, 2.24) is 20.4 Å². The van der Waals surface area contributed by atoms with Crippen LogP contribution in [0.15, 0.2) is 18.6 Å². The van der Waals surface area contributed by atoms with Crippen molar-refractivity contribution in [2.45, 2.75) is 6.04 Å². The predicted octanol–water partition coefficient (Wildman–Crippen LogP) is -0.687. The van der Waals surface area contributed by atoms with Gasteiger partial charge in [-0.15, -0.1) is 0 Å². The molecule has 1 atom stereocenters. The Morgan fingerprint density at radius 1 is 1.50 bits per heavy atom. The zero-order chi connectivity index (χ0) is 11.2. The summed E-state index contributed by atoms with van der Waals surface area (Å²) in [7, 11) is 0. The number of nitrogens with two attached hydrogens (primary N) is 1. The van der Waals surface area contributed by atoms with E-state index in [4.69, 9.17) is 10.5 Å². The Balaban J connectivity index is 1.94. The lowest BCUT2D eigenvalue weighted by atomic mass is 10.2. The molecular weight excluding hydrogens is 206 g/mol. The standard InChI is InChI=1S/C10H17N5O/c11-7-10(9-1-2-12-8-13-9)14-15-3-5-16-6-4-15/h1-2,8,10,14H,3-7,11H2. The molecule has 1 aromatic heterocycles. The number of hydrogen-bond donors (Lipinski definition) is 2. The molecule has 0 amide bonds. The van der Waals surface area contributed by atoms with Gasteiger partial charge in [-0.1, -0.05) is 0 Å². The highest BCUT2D eigenvalue weighted by atomic mass is 16.5. The van der Waals surface area contributed by atoms with Gasteiger partial charge in [0.1, 0.15) is 6.33 Å². The number of hydrazine groups is 1. The van der Waals surface area contributed by atoms with Gasteiger partial charge in [-0.2, -0.15) is 0 Å². The van der Waals surface area contributed by atoms with Crippen molar-refractivity contribution in [1.29, 1.82) is 0 Å². The summed E-state index contributed by atoms with van der Waals surface area (Å²) in [5, 5.41) is 2.13. The number of morpholine rings is 1. The summed E-state index contributed by atoms with van der Waals surface area (Å²) >= 11 is 0. The van der Waals surface area contributed by atoms with Crippen molar-refractivity contribution in [3.63, 3.8) is 0 Å². The maximum Gasteiger partial charge on any atom is 0.115 e. The Labute approximate surface area is 94.8 Å². The molecule has 1 aliphatic rings. The van der Waals surface area contributed by atoms with E-state index in [1.165, 1.54) is 0 Å². The van der Waals surface area contributed by atoms with E-state index in [-0.39, 0.29) is 6.04 Å². The van der Waals surface area contributed by atoms with Crippen LogP contribution in [0.25, 0.3) is 0 Å². The van der Waals surface area contributed by atoms with Gasteiger partial charge >= 0.3 is 0 Å². The van der Waals surface area contributed by atoms with E-state index in [0.717, 1.165) is 32.0 Å². The zero-order valence-corrected chi connectivity index (χ0v) is 9.17. The fraction of sp³-hybridized carbons (Fsp3) is 0.600. The molecule has 0 bridgehead atoms. The molecule has 6 heteroatoms. The number of nitrogens with one attached hydrogen (secondary N) is 1. The normalized spacial score (nSPS) is 19.6. The van der Waals surface area contributed by atoms with Crippen molar-refractivity contribution in [2.24, 2.45) is 5.73 Å². The van der Waals surface area contributed by atoms with Crippen LogP contribution in [-0.2, 0) is 4.74 Å². The third-order valence-corrected chi connectivity index (χ3v) is 2.55. The maximum absolute atomic E-state index is 5.74. The van der Waals surface area contributed by atoms with Crippen LogP contribution in [0.4, 0.5) is 0 Å². The second kappa shape index (κ2) is 5.86. The predicted molar refractivity (Wildman–Crippen MR) is 59.4 cm³/mol. The van der Waals surface area contributed by atoms with Gasteiger partial charge in [0.15, 0.2) is 0 Å². The zero-order valence-electron chi connectivity index (χ0n) is 9.17. The van der Waals surface area contributed by atoms with Crippen molar-refractivity contribution < 1.29 is 4.74 Å². The molecule has 2 rings (SSSR count). The van der Waals surface area contributed by atoms with Gasteiger partial charge in [-0.3, -0.25) is 0 Å². The first-order valence-electron chi connectivity index (χ1n) is 5.45. The molecule has 0 aromatic carbocycles. The fourth-order valence-electron chi connectivity index (χ4n) is 1.66. The van der Waals surface area contributed by atoms with Crippen molar-refractivity contribution in [3.05, 3.63) is 24.3 Å². The minimum absolute atomic E-state index is 0.0427. The average Bonchev–Trinajstić information content (AvgIpc) is 2.38.